The topological polar surface area (TPSA) is 139 Å². The van der Waals surface area contributed by atoms with Crippen molar-refractivity contribution in [3.05, 3.63) is 118 Å². The quantitative estimate of drug-likeness (QED) is 0.211. The lowest BCUT2D eigenvalue weighted by molar-refractivity contribution is -0.577. The van der Waals surface area contributed by atoms with Crippen LogP contribution in [0.5, 0.6) is 0 Å². The number of carbonyl (C=O) groups excluding carboxylic acids is 1. The maximum absolute atomic E-state index is 14.1. The van der Waals surface area contributed by atoms with Crippen molar-refractivity contribution in [2.75, 3.05) is 5.73 Å². The van der Waals surface area contributed by atoms with Crippen LogP contribution in [-0.4, -0.2) is 30.5 Å². The smallest absolute Gasteiger partial charge is 0.362 e. The van der Waals surface area contributed by atoms with Gasteiger partial charge in [0.2, 0.25) is 0 Å². The number of carbonyl (C=O) groups is 1. The minimum atomic E-state index is -0.562. The van der Waals surface area contributed by atoms with Gasteiger partial charge in [-0.05, 0) is 47.5 Å². The van der Waals surface area contributed by atoms with Crippen LogP contribution in [0.3, 0.4) is 0 Å². The molecule has 0 aliphatic carbocycles. The Kier molecular flexibility index (Phi) is 5.86. The molecule has 5 N–H and O–H groups in total. The summed E-state index contributed by atoms with van der Waals surface area (Å²) in [5.74, 6) is 5.90. The first-order chi connectivity index (χ1) is 19.0. The van der Waals surface area contributed by atoms with Crippen LogP contribution in [0.15, 0.2) is 90.4 Å². The highest BCUT2D eigenvalue weighted by molar-refractivity contribution is 6.03. The predicted molar refractivity (Wildman–Crippen MR) is 146 cm³/mol. The molecule has 0 saturated carbocycles. The van der Waals surface area contributed by atoms with Crippen molar-refractivity contribution in [3.63, 3.8) is 0 Å². The van der Waals surface area contributed by atoms with Gasteiger partial charge in [0, 0.05) is 23.0 Å². The Morgan fingerprint density at radius 3 is 2.77 bits per heavy atom. The number of hydrogen-bond acceptors (Lipinski definition) is 5. The van der Waals surface area contributed by atoms with Crippen molar-refractivity contribution >= 4 is 28.1 Å². The van der Waals surface area contributed by atoms with Gasteiger partial charge in [0.05, 0.1) is 24.0 Å². The van der Waals surface area contributed by atoms with Gasteiger partial charge in [-0.25, -0.2) is 10.1 Å². The zero-order chi connectivity index (χ0) is 26.9. The zero-order valence-corrected chi connectivity index (χ0v) is 20.8. The highest BCUT2D eigenvalue weighted by atomic mass is 16.2. The summed E-state index contributed by atoms with van der Waals surface area (Å²) in [5.41, 5.74) is 9.01. The summed E-state index contributed by atoms with van der Waals surface area (Å²) in [7, 11) is 0. The van der Waals surface area contributed by atoms with Gasteiger partial charge in [0.1, 0.15) is 18.1 Å². The number of hydrogen-bond donors (Lipinski definition) is 4. The van der Waals surface area contributed by atoms with E-state index in [1.807, 2.05) is 61.5 Å². The van der Waals surface area contributed by atoms with E-state index >= 15 is 0 Å². The molecule has 10 heteroatoms. The van der Waals surface area contributed by atoms with Crippen LogP contribution in [0.4, 0.5) is 5.82 Å². The second-order valence-electron chi connectivity index (χ2n) is 8.94. The second-order valence-corrected chi connectivity index (χ2v) is 8.94. The standard InChI is InChI=1S/C29H22N8O2/c1-18(34-28(38)25-26(30)35-36-14-6-13-32-27(25)36)23-15-20-8-5-7-19(11-12-21-16-31-17-33-21)24(20)29(39)37(23)22-9-3-2-4-10-22/h2-10,13-18H,1H3,(H4,30,31,33,34,35,38,39)/p+1. The third-order valence-electron chi connectivity index (χ3n) is 6.42. The summed E-state index contributed by atoms with van der Waals surface area (Å²) >= 11 is 0. The number of nitrogen functional groups attached to an aromatic ring is 1. The first-order valence-electron chi connectivity index (χ1n) is 12.2. The largest absolute Gasteiger partial charge is 0.382 e. The molecule has 0 aliphatic heterocycles. The molecule has 4 heterocycles. The lowest BCUT2D eigenvalue weighted by Crippen LogP contribution is -2.33. The highest BCUT2D eigenvalue weighted by Crippen LogP contribution is 2.24. The summed E-state index contributed by atoms with van der Waals surface area (Å²) in [5, 5.41) is 7.11. The van der Waals surface area contributed by atoms with Crippen molar-refractivity contribution < 1.29 is 9.31 Å². The molecule has 10 nitrogen and oxygen atoms in total. The van der Waals surface area contributed by atoms with E-state index in [4.69, 9.17) is 5.73 Å². The fourth-order valence-corrected chi connectivity index (χ4v) is 4.63. The molecule has 4 aromatic heterocycles. The maximum atomic E-state index is 14.1. The molecular weight excluding hydrogens is 492 g/mol. The van der Waals surface area contributed by atoms with E-state index < -0.39 is 11.9 Å². The molecule has 39 heavy (non-hydrogen) atoms. The average Bonchev–Trinajstić information content (AvgIpc) is 3.59. The molecule has 0 bridgehead atoms. The van der Waals surface area contributed by atoms with Crippen LogP contribution in [0.2, 0.25) is 0 Å². The van der Waals surface area contributed by atoms with Gasteiger partial charge in [0.25, 0.3) is 11.5 Å². The summed E-state index contributed by atoms with van der Waals surface area (Å²) in [6.07, 6.45) is 6.49. The first kappa shape index (κ1) is 23.7. The summed E-state index contributed by atoms with van der Waals surface area (Å²) < 4.78 is 3.19. The average molecular weight is 516 g/mol. The number of H-pyrrole nitrogens is 2. The molecule has 0 saturated heterocycles. The summed E-state index contributed by atoms with van der Waals surface area (Å²) in [6, 6.07) is 17.9. The molecule has 0 radical (unpaired) electrons. The van der Waals surface area contributed by atoms with Crippen molar-refractivity contribution in [1.29, 1.82) is 0 Å². The van der Waals surface area contributed by atoms with E-state index in [0.717, 1.165) is 0 Å². The number of nitrogens with zero attached hydrogens (tertiary/aromatic N) is 4. The molecule has 1 unspecified atom stereocenters. The Morgan fingerprint density at radius 2 is 1.97 bits per heavy atom. The number of benzene rings is 2. The molecule has 2 aromatic carbocycles. The fraction of sp³-hybridized carbons (Fsp3) is 0.0690. The third-order valence-corrected chi connectivity index (χ3v) is 6.42. The molecule has 190 valence electrons. The van der Waals surface area contributed by atoms with E-state index in [1.165, 1.54) is 0 Å². The van der Waals surface area contributed by atoms with Gasteiger partial charge >= 0.3 is 5.65 Å². The third kappa shape index (κ3) is 4.28. The molecule has 6 aromatic rings. The number of aromatic nitrogens is 6. The van der Waals surface area contributed by atoms with Gasteiger partial charge in [-0.3, -0.25) is 14.2 Å². The molecule has 1 amide bonds. The van der Waals surface area contributed by atoms with E-state index in [1.54, 1.807) is 40.1 Å². The minimum Gasteiger partial charge on any atom is -0.382 e. The normalized spacial score (nSPS) is 11.7. The van der Waals surface area contributed by atoms with Gasteiger partial charge < -0.3 is 16.0 Å². The number of imidazole rings is 1. The Morgan fingerprint density at radius 1 is 1.13 bits per heavy atom. The number of nitrogens with one attached hydrogen (secondary N) is 3. The molecule has 6 rings (SSSR count). The summed E-state index contributed by atoms with van der Waals surface area (Å²) in [4.78, 5) is 38.7. The number of nitrogens with two attached hydrogens (primary N) is 1. The number of pyridine rings is 1. The predicted octanol–water partition coefficient (Wildman–Crippen LogP) is 2.65. The van der Waals surface area contributed by atoms with Gasteiger partial charge in [0.15, 0.2) is 11.4 Å². The van der Waals surface area contributed by atoms with Crippen molar-refractivity contribution in [2.24, 2.45) is 0 Å². The van der Waals surface area contributed by atoms with Crippen molar-refractivity contribution in [2.45, 2.75) is 13.0 Å². The van der Waals surface area contributed by atoms with Crippen molar-refractivity contribution in [1.82, 2.24) is 29.9 Å². The number of anilines is 1. The second kappa shape index (κ2) is 9.64. The Bertz CT molecular complexity index is 1960. The minimum absolute atomic E-state index is 0.192. The van der Waals surface area contributed by atoms with Crippen LogP contribution < -0.4 is 21.1 Å². The van der Waals surface area contributed by atoms with E-state index in [0.29, 0.717) is 39.1 Å². The van der Waals surface area contributed by atoms with E-state index in [-0.39, 0.29) is 16.9 Å². The van der Waals surface area contributed by atoms with Gasteiger partial charge in [-0.2, -0.15) is 0 Å². The van der Waals surface area contributed by atoms with E-state index in [9.17, 15) is 9.59 Å². The van der Waals surface area contributed by atoms with Crippen molar-refractivity contribution in [3.8, 4) is 17.5 Å². The SMILES string of the molecule is CC(NC(=O)c1c(N)[nH][n+]2cccnc12)c1cc2cccc(C#Cc3cnc[nH]3)c2c(=O)n1-c1ccccc1. The molecular formula is C29H23N8O2+. The van der Waals surface area contributed by atoms with Crippen LogP contribution in [0.1, 0.15) is 40.3 Å². The van der Waals surface area contributed by atoms with Crippen LogP contribution in [0, 0.1) is 11.8 Å². The monoisotopic (exact) mass is 515 g/mol. The first-order valence-corrected chi connectivity index (χ1v) is 12.2. The summed E-state index contributed by atoms with van der Waals surface area (Å²) in [6.45, 7) is 1.82. The number of amides is 1. The molecule has 0 spiro atoms. The van der Waals surface area contributed by atoms with Crippen LogP contribution in [0.25, 0.3) is 22.1 Å². The highest BCUT2D eigenvalue weighted by Gasteiger charge is 2.27. The molecule has 0 aliphatic rings. The number of aromatic amines is 2. The Labute approximate surface area is 222 Å². The van der Waals surface area contributed by atoms with Crippen LogP contribution >= 0.6 is 0 Å². The Balaban J connectivity index is 1.48. The molecule has 0 fully saturated rings. The number of para-hydroxylation sites is 1. The molecule has 1 atom stereocenters. The van der Waals surface area contributed by atoms with Gasteiger partial charge in [-0.15, -0.1) is 4.52 Å². The number of fused-ring (bicyclic) bond motifs is 2. The Hall–Kier alpha value is -5.69. The zero-order valence-electron chi connectivity index (χ0n) is 20.8. The number of rotatable bonds is 4. The fourth-order valence-electron chi connectivity index (χ4n) is 4.63. The lowest BCUT2D eigenvalue weighted by Gasteiger charge is -2.21. The van der Waals surface area contributed by atoms with E-state index in [2.05, 4.69) is 37.2 Å². The van der Waals surface area contributed by atoms with Gasteiger partial charge in [-0.1, -0.05) is 36.3 Å². The lowest BCUT2D eigenvalue weighted by atomic mass is 10.0. The maximum Gasteiger partial charge on any atom is 0.362 e. The van der Waals surface area contributed by atoms with Crippen LogP contribution in [-0.2, 0) is 0 Å².